The van der Waals surface area contributed by atoms with E-state index in [-0.39, 0.29) is 34.2 Å². The summed E-state index contributed by atoms with van der Waals surface area (Å²) < 4.78 is 18.2. The van der Waals surface area contributed by atoms with Gasteiger partial charge in [-0.15, -0.1) is 11.3 Å². The number of carbonyl (C=O) groups is 3. The summed E-state index contributed by atoms with van der Waals surface area (Å²) in [5.41, 5.74) is -0.676. The molecule has 0 bridgehead atoms. The SMILES string of the molecule is O=C(O)c1cccc2c1OB(O)[C@@H](NC(=O)[C@H](NC(=O)c1cnc3sccn3c1=O)c1ccc(P(=O)(O)O)cc1)C2. The Morgan fingerprint density at radius 2 is 1.88 bits per heavy atom. The van der Waals surface area contributed by atoms with Crippen LogP contribution in [0.4, 0.5) is 0 Å². The highest BCUT2D eigenvalue weighted by Crippen LogP contribution is 2.33. The van der Waals surface area contributed by atoms with Crippen molar-refractivity contribution in [1.82, 2.24) is 20.0 Å². The lowest BCUT2D eigenvalue weighted by atomic mass is 9.72. The van der Waals surface area contributed by atoms with Crippen LogP contribution in [0, 0.1) is 0 Å². The number of carbonyl (C=O) groups excluding carboxylic acids is 2. The number of aromatic carboxylic acids is 1. The summed E-state index contributed by atoms with van der Waals surface area (Å²) in [5.74, 6) is -4.16. The van der Waals surface area contributed by atoms with Crippen LogP contribution in [0.5, 0.6) is 5.75 Å². The summed E-state index contributed by atoms with van der Waals surface area (Å²) in [4.78, 5) is 74.3. The number of para-hydroxylation sites is 1. The van der Waals surface area contributed by atoms with E-state index in [9.17, 15) is 43.7 Å². The fourth-order valence-electron chi connectivity index (χ4n) is 4.33. The van der Waals surface area contributed by atoms with E-state index in [0.717, 1.165) is 18.3 Å². The molecule has 0 saturated heterocycles. The van der Waals surface area contributed by atoms with Crippen LogP contribution >= 0.6 is 18.9 Å². The number of rotatable bonds is 7. The predicted molar refractivity (Wildman–Crippen MR) is 145 cm³/mol. The molecule has 0 saturated carbocycles. The van der Waals surface area contributed by atoms with Crippen LogP contribution in [0.25, 0.3) is 4.96 Å². The molecule has 41 heavy (non-hydrogen) atoms. The number of aromatic nitrogens is 2. The van der Waals surface area contributed by atoms with Gasteiger partial charge in [-0.3, -0.25) is 23.3 Å². The summed E-state index contributed by atoms with van der Waals surface area (Å²) in [7, 11) is -6.24. The lowest BCUT2D eigenvalue weighted by Gasteiger charge is -2.30. The monoisotopic (exact) mass is 598 g/mol. The second-order valence-corrected chi connectivity index (χ2v) is 11.5. The molecular weight excluding hydrogens is 578 g/mol. The van der Waals surface area contributed by atoms with E-state index in [0.29, 0.717) is 10.5 Å². The van der Waals surface area contributed by atoms with Crippen molar-refractivity contribution < 1.29 is 43.5 Å². The molecule has 2 aromatic carbocycles. The molecule has 2 aromatic heterocycles. The summed E-state index contributed by atoms with van der Waals surface area (Å²) >= 11 is 1.18. The largest absolute Gasteiger partial charge is 0.547 e. The molecule has 17 heteroatoms. The summed E-state index contributed by atoms with van der Waals surface area (Å²) in [5, 5.41) is 26.3. The minimum absolute atomic E-state index is 0.0126. The maximum atomic E-state index is 13.5. The van der Waals surface area contributed by atoms with E-state index in [4.69, 9.17) is 4.65 Å². The maximum Gasteiger partial charge on any atom is 0.547 e. The van der Waals surface area contributed by atoms with E-state index >= 15 is 0 Å². The van der Waals surface area contributed by atoms with Gasteiger partial charge in [-0.2, -0.15) is 0 Å². The zero-order chi connectivity index (χ0) is 29.5. The number of nitrogens with zero attached hydrogens (tertiary/aromatic N) is 2. The fraction of sp³-hybridized carbons (Fsp3) is 0.125. The van der Waals surface area contributed by atoms with Gasteiger partial charge in [0.25, 0.3) is 11.5 Å². The molecule has 210 valence electrons. The van der Waals surface area contributed by atoms with Crippen molar-refractivity contribution in [3.05, 3.63) is 92.8 Å². The number of hydrogen-bond donors (Lipinski definition) is 6. The molecule has 14 nitrogen and oxygen atoms in total. The number of thiazole rings is 1. The Labute approximate surface area is 234 Å². The van der Waals surface area contributed by atoms with Crippen LogP contribution in [-0.2, 0) is 15.8 Å². The summed E-state index contributed by atoms with van der Waals surface area (Å²) in [6.45, 7) is 0. The quantitative estimate of drug-likeness (QED) is 0.122. The maximum absolute atomic E-state index is 13.5. The molecule has 0 aliphatic carbocycles. The number of hydrogen-bond acceptors (Lipinski definition) is 9. The van der Waals surface area contributed by atoms with E-state index < -0.39 is 50.0 Å². The van der Waals surface area contributed by atoms with Crippen molar-refractivity contribution in [1.29, 1.82) is 0 Å². The van der Waals surface area contributed by atoms with Gasteiger partial charge in [-0.05, 0) is 35.7 Å². The minimum Gasteiger partial charge on any atom is -0.534 e. The lowest BCUT2D eigenvalue weighted by molar-refractivity contribution is -0.123. The first kappa shape index (κ1) is 28.2. The molecule has 2 atom stereocenters. The standard InChI is InChI=1S/C24H20BN4O10PS/c30-20(16-11-26-24-29(22(16)32)8-9-41-24)28-18(12-4-6-14(7-5-12)40(36,37)38)21(31)27-17-10-13-2-1-3-15(23(33)34)19(13)39-25(17)35/h1-9,11,17-18,35H,10H2,(H,27,31)(H,28,30)(H,33,34)(H2,36,37,38)/t17-,18+/m0/s1. The van der Waals surface area contributed by atoms with Crippen LogP contribution in [0.1, 0.15) is 37.9 Å². The van der Waals surface area contributed by atoms with Crippen LogP contribution in [0.2, 0.25) is 0 Å². The number of benzene rings is 2. The molecule has 0 fully saturated rings. The molecule has 0 radical (unpaired) electrons. The second kappa shape index (κ2) is 10.9. The van der Waals surface area contributed by atoms with Crippen molar-refractivity contribution >= 4 is 54.1 Å². The smallest absolute Gasteiger partial charge is 0.534 e. The van der Waals surface area contributed by atoms with E-state index in [2.05, 4.69) is 15.6 Å². The van der Waals surface area contributed by atoms with Gasteiger partial charge >= 0.3 is 20.7 Å². The zero-order valence-corrected chi connectivity index (χ0v) is 22.4. The van der Waals surface area contributed by atoms with Crippen LogP contribution < -0.4 is 26.2 Å². The third kappa shape index (κ3) is 5.64. The molecule has 0 spiro atoms. The Kier molecular flexibility index (Phi) is 7.51. The van der Waals surface area contributed by atoms with Crippen LogP contribution in [0.15, 0.2) is 65.0 Å². The molecule has 1 aliphatic heterocycles. The second-order valence-electron chi connectivity index (χ2n) is 9.00. The highest BCUT2D eigenvalue weighted by molar-refractivity contribution is 7.60. The minimum atomic E-state index is -4.60. The Morgan fingerprint density at radius 1 is 1.15 bits per heavy atom. The van der Waals surface area contributed by atoms with Gasteiger partial charge in [0.15, 0.2) is 4.96 Å². The summed E-state index contributed by atoms with van der Waals surface area (Å²) in [6, 6.07) is 7.54. The summed E-state index contributed by atoms with van der Waals surface area (Å²) in [6.07, 6.45) is 2.50. The van der Waals surface area contributed by atoms with E-state index in [1.807, 2.05) is 0 Å². The van der Waals surface area contributed by atoms with Gasteiger partial charge in [0.2, 0.25) is 5.91 Å². The molecule has 0 unspecified atom stereocenters. The Hall–Kier alpha value is -4.34. The van der Waals surface area contributed by atoms with Crippen molar-refractivity contribution in [2.75, 3.05) is 0 Å². The average molecular weight is 598 g/mol. The van der Waals surface area contributed by atoms with Crippen molar-refractivity contribution in [2.45, 2.75) is 18.4 Å². The third-order valence-electron chi connectivity index (χ3n) is 6.37. The topological polar surface area (TPSA) is 217 Å². The molecule has 2 amide bonds. The Bertz CT molecular complexity index is 1790. The van der Waals surface area contributed by atoms with Crippen molar-refractivity contribution in [3.8, 4) is 5.75 Å². The number of nitrogens with one attached hydrogen (secondary N) is 2. The first-order chi connectivity index (χ1) is 19.4. The van der Waals surface area contributed by atoms with Crippen molar-refractivity contribution in [2.24, 2.45) is 0 Å². The third-order valence-corrected chi connectivity index (χ3v) is 8.11. The van der Waals surface area contributed by atoms with Gasteiger partial charge in [0.1, 0.15) is 17.4 Å². The number of carboxylic acids is 1. The van der Waals surface area contributed by atoms with Crippen LogP contribution in [0.3, 0.4) is 0 Å². The number of fused-ring (bicyclic) bond motifs is 2. The number of amides is 2. The lowest BCUT2D eigenvalue weighted by Crippen LogP contribution is -2.55. The van der Waals surface area contributed by atoms with Crippen LogP contribution in [-0.4, -0.2) is 60.1 Å². The molecule has 5 rings (SSSR count). The zero-order valence-electron chi connectivity index (χ0n) is 20.7. The van der Waals surface area contributed by atoms with E-state index in [1.54, 1.807) is 11.4 Å². The van der Waals surface area contributed by atoms with Crippen molar-refractivity contribution in [3.63, 3.8) is 0 Å². The number of carboxylic acid groups (broad SMARTS) is 1. The molecule has 4 aromatic rings. The first-order valence-corrected chi connectivity index (χ1v) is 14.4. The normalized spacial score (nSPS) is 15.5. The molecule has 3 heterocycles. The Balaban J connectivity index is 1.44. The fourth-order valence-corrected chi connectivity index (χ4v) is 5.55. The average Bonchev–Trinajstić information content (AvgIpc) is 3.41. The van der Waals surface area contributed by atoms with Gasteiger partial charge in [-0.25, -0.2) is 9.78 Å². The molecule has 6 N–H and O–H groups in total. The highest BCUT2D eigenvalue weighted by atomic mass is 32.1. The predicted octanol–water partition coefficient (Wildman–Crippen LogP) is -0.132. The molecular formula is C24H20BN4O10PS. The molecule has 1 aliphatic rings. The van der Waals surface area contributed by atoms with Gasteiger partial charge in [-0.1, -0.05) is 24.3 Å². The Morgan fingerprint density at radius 3 is 2.56 bits per heavy atom. The first-order valence-electron chi connectivity index (χ1n) is 11.9. The van der Waals surface area contributed by atoms with Gasteiger partial charge in [0.05, 0.1) is 16.8 Å². The van der Waals surface area contributed by atoms with E-state index in [1.165, 1.54) is 46.2 Å². The van der Waals surface area contributed by atoms with Gasteiger partial charge in [0, 0.05) is 17.8 Å². The van der Waals surface area contributed by atoms with Gasteiger partial charge < -0.3 is 35.2 Å². The highest BCUT2D eigenvalue weighted by Gasteiger charge is 2.39.